The zero-order valence-corrected chi connectivity index (χ0v) is 10.4. The van der Waals surface area contributed by atoms with E-state index < -0.39 is 0 Å². The van der Waals surface area contributed by atoms with Crippen molar-refractivity contribution in [3.8, 4) is 0 Å². The largest absolute Gasteiger partial charge is 0.367 e. The predicted molar refractivity (Wildman–Crippen MR) is 70.4 cm³/mol. The molecule has 0 aromatic carbocycles. The van der Waals surface area contributed by atoms with Gasteiger partial charge in [-0.25, -0.2) is 4.98 Å². The van der Waals surface area contributed by atoms with Gasteiger partial charge >= 0.3 is 0 Å². The van der Waals surface area contributed by atoms with Crippen molar-refractivity contribution in [1.29, 1.82) is 0 Å². The van der Waals surface area contributed by atoms with Gasteiger partial charge in [-0.3, -0.25) is 4.98 Å². The number of hydrogen-bond acceptors (Lipinski definition) is 4. The summed E-state index contributed by atoms with van der Waals surface area (Å²) < 4.78 is 0.606. The smallest absolute Gasteiger partial charge is 0.131 e. The lowest BCUT2D eigenvalue weighted by molar-refractivity contribution is 0.925. The maximum Gasteiger partial charge on any atom is 0.131 e. The molecule has 88 valence electrons. The molecule has 2 N–H and O–H groups in total. The van der Waals surface area contributed by atoms with Crippen LogP contribution in [-0.2, 0) is 13.0 Å². The maximum atomic E-state index is 5.10. The summed E-state index contributed by atoms with van der Waals surface area (Å²) in [6.45, 7) is 2.75. The van der Waals surface area contributed by atoms with E-state index in [9.17, 15) is 0 Å². The van der Waals surface area contributed by atoms with Crippen LogP contribution in [-0.4, -0.2) is 15.0 Å². The van der Waals surface area contributed by atoms with Crippen LogP contribution < -0.4 is 5.32 Å². The Morgan fingerprint density at radius 2 is 2.35 bits per heavy atom. The molecule has 0 saturated carbocycles. The molecule has 2 heterocycles. The Kier molecular flexibility index (Phi) is 3.82. The van der Waals surface area contributed by atoms with Gasteiger partial charge in [0.1, 0.15) is 16.3 Å². The van der Waals surface area contributed by atoms with Crippen LogP contribution in [0.5, 0.6) is 0 Å². The Morgan fingerprint density at radius 3 is 3.06 bits per heavy atom. The first-order chi connectivity index (χ1) is 8.28. The van der Waals surface area contributed by atoms with Gasteiger partial charge < -0.3 is 10.3 Å². The van der Waals surface area contributed by atoms with Crippen LogP contribution in [0.3, 0.4) is 0 Å². The number of H-pyrrole nitrogens is 1. The van der Waals surface area contributed by atoms with E-state index in [1.165, 1.54) is 0 Å². The second kappa shape index (κ2) is 5.54. The fourth-order valence-electron chi connectivity index (χ4n) is 1.47. The number of rotatable bonds is 4. The van der Waals surface area contributed by atoms with Crippen LogP contribution in [0.2, 0.25) is 0 Å². The number of pyridine rings is 1. The molecule has 4 nitrogen and oxygen atoms in total. The first-order valence-electron chi connectivity index (χ1n) is 5.51. The van der Waals surface area contributed by atoms with Gasteiger partial charge in [-0.2, -0.15) is 0 Å². The Morgan fingerprint density at radius 1 is 1.47 bits per heavy atom. The van der Waals surface area contributed by atoms with Crippen molar-refractivity contribution in [3.63, 3.8) is 0 Å². The number of nitrogens with one attached hydrogen (secondary N) is 2. The van der Waals surface area contributed by atoms with Gasteiger partial charge in [-0.05, 0) is 11.6 Å². The molecular formula is C12H14N4S. The lowest BCUT2D eigenvalue weighted by Gasteiger charge is -2.07. The standard InChI is InChI=1S/C12H14N4S/c1-2-10-15-11(6-12(17)16-10)14-8-9-4-3-5-13-7-9/h3-7H,2,8H2,1H3,(H2,14,15,16,17). The molecule has 0 aliphatic heterocycles. The second-order valence-corrected chi connectivity index (χ2v) is 4.07. The van der Waals surface area contributed by atoms with Gasteiger partial charge in [-0.15, -0.1) is 0 Å². The molecule has 0 radical (unpaired) electrons. The summed E-state index contributed by atoms with van der Waals surface area (Å²) in [6, 6.07) is 5.77. The zero-order valence-electron chi connectivity index (χ0n) is 9.60. The van der Waals surface area contributed by atoms with E-state index in [0.717, 1.165) is 23.6 Å². The third kappa shape index (κ3) is 3.35. The molecule has 0 amide bonds. The summed E-state index contributed by atoms with van der Waals surface area (Å²) in [5.41, 5.74) is 1.13. The van der Waals surface area contributed by atoms with E-state index in [-0.39, 0.29) is 0 Å². The summed E-state index contributed by atoms with van der Waals surface area (Å²) in [7, 11) is 0. The minimum absolute atomic E-state index is 0.606. The Balaban J connectivity index is 2.09. The van der Waals surface area contributed by atoms with Crippen molar-refractivity contribution in [2.24, 2.45) is 0 Å². The van der Waals surface area contributed by atoms with Gasteiger partial charge in [0.05, 0.1) is 0 Å². The molecule has 0 saturated heterocycles. The minimum atomic E-state index is 0.606. The molecule has 2 aromatic rings. The van der Waals surface area contributed by atoms with Crippen LogP contribution in [0.1, 0.15) is 18.3 Å². The SMILES string of the molecule is CCc1nc(=S)cc(NCc2cccnc2)[nH]1. The molecule has 0 spiro atoms. The van der Waals surface area contributed by atoms with Crippen LogP contribution in [0, 0.1) is 4.64 Å². The number of aromatic nitrogens is 3. The van der Waals surface area contributed by atoms with Crippen molar-refractivity contribution >= 4 is 18.0 Å². The summed E-state index contributed by atoms with van der Waals surface area (Å²) in [5.74, 6) is 1.79. The van der Waals surface area contributed by atoms with E-state index in [0.29, 0.717) is 11.2 Å². The maximum absolute atomic E-state index is 5.10. The fourth-order valence-corrected chi connectivity index (χ4v) is 1.70. The van der Waals surface area contributed by atoms with Crippen LogP contribution in [0.15, 0.2) is 30.6 Å². The number of nitrogens with zero attached hydrogens (tertiary/aromatic N) is 2. The van der Waals surface area contributed by atoms with Crippen LogP contribution >= 0.6 is 12.2 Å². The monoisotopic (exact) mass is 246 g/mol. The van der Waals surface area contributed by atoms with Gasteiger partial charge in [-0.1, -0.05) is 25.2 Å². The summed E-state index contributed by atoms with van der Waals surface area (Å²) >= 11 is 5.10. The van der Waals surface area contributed by atoms with E-state index in [2.05, 4.69) is 20.3 Å². The third-order valence-corrected chi connectivity index (χ3v) is 2.54. The highest BCUT2D eigenvalue weighted by Gasteiger charge is 1.97. The van der Waals surface area contributed by atoms with E-state index in [1.54, 1.807) is 6.20 Å². The summed E-state index contributed by atoms with van der Waals surface area (Å²) in [6.07, 6.45) is 4.44. The Labute approximate surface area is 105 Å². The molecule has 0 atom stereocenters. The lowest BCUT2D eigenvalue weighted by atomic mass is 10.3. The lowest BCUT2D eigenvalue weighted by Crippen LogP contribution is -2.04. The highest BCUT2D eigenvalue weighted by molar-refractivity contribution is 7.71. The highest BCUT2D eigenvalue weighted by Crippen LogP contribution is 2.06. The first kappa shape index (κ1) is 11.7. The Hall–Kier alpha value is -1.75. The molecule has 0 aliphatic rings. The normalized spacial score (nSPS) is 10.2. The number of hydrogen-bond donors (Lipinski definition) is 2. The van der Waals surface area contributed by atoms with Gasteiger partial charge in [0, 0.05) is 31.4 Å². The molecule has 5 heteroatoms. The molecule has 0 fully saturated rings. The molecule has 2 aromatic heterocycles. The minimum Gasteiger partial charge on any atom is -0.367 e. The van der Waals surface area contributed by atoms with E-state index in [1.807, 2.05) is 31.3 Å². The molecule has 0 unspecified atom stereocenters. The summed E-state index contributed by atoms with van der Waals surface area (Å²) in [4.78, 5) is 11.5. The molecule has 0 bridgehead atoms. The van der Waals surface area contributed by atoms with Gasteiger partial charge in [0.25, 0.3) is 0 Å². The topological polar surface area (TPSA) is 53.6 Å². The highest BCUT2D eigenvalue weighted by atomic mass is 32.1. The van der Waals surface area contributed by atoms with Crippen LogP contribution in [0.25, 0.3) is 0 Å². The number of anilines is 1. The second-order valence-electron chi connectivity index (χ2n) is 3.65. The van der Waals surface area contributed by atoms with E-state index in [4.69, 9.17) is 12.2 Å². The predicted octanol–water partition coefficient (Wildman–Crippen LogP) is 2.71. The number of aromatic amines is 1. The molecule has 2 rings (SSSR count). The summed E-state index contributed by atoms with van der Waals surface area (Å²) in [5, 5.41) is 3.27. The Bertz CT molecular complexity index is 536. The zero-order chi connectivity index (χ0) is 12.1. The first-order valence-corrected chi connectivity index (χ1v) is 5.92. The number of aryl methyl sites for hydroxylation is 1. The quantitative estimate of drug-likeness (QED) is 0.814. The average Bonchev–Trinajstić information content (AvgIpc) is 2.37. The van der Waals surface area contributed by atoms with Crippen molar-refractivity contribution in [2.45, 2.75) is 19.9 Å². The third-order valence-electron chi connectivity index (χ3n) is 2.33. The molecule has 17 heavy (non-hydrogen) atoms. The fraction of sp³-hybridized carbons (Fsp3) is 0.250. The van der Waals surface area contributed by atoms with Gasteiger partial charge in [0.15, 0.2) is 0 Å². The molecule has 0 aliphatic carbocycles. The van der Waals surface area contributed by atoms with Gasteiger partial charge in [0.2, 0.25) is 0 Å². The molecular weight excluding hydrogens is 232 g/mol. The van der Waals surface area contributed by atoms with Crippen molar-refractivity contribution in [2.75, 3.05) is 5.32 Å². The van der Waals surface area contributed by atoms with Crippen molar-refractivity contribution < 1.29 is 0 Å². The van der Waals surface area contributed by atoms with Crippen molar-refractivity contribution in [1.82, 2.24) is 15.0 Å². The average molecular weight is 246 g/mol. The van der Waals surface area contributed by atoms with Crippen LogP contribution in [0.4, 0.5) is 5.82 Å². The van der Waals surface area contributed by atoms with E-state index >= 15 is 0 Å². The van der Waals surface area contributed by atoms with Crippen molar-refractivity contribution in [3.05, 3.63) is 46.6 Å².